The van der Waals surface area contributed by atoms with E-state index in [0.717, 1.165) is 31.4 Å². The molecule has 0 aliphatic heterocycles. The lowest BCUT2D eigenvalue weighted by Gasteiger charge is -2.27. The molecular weight excluding hydrogens is 328 g/mol. The number of rotatable bonds is 4. The van der Waals surface area contributed by atoms with Crippen LogP contribution in [-0.2, 0) is 11.2 Å². The molecule has 1 aliphatic rings. The van der Waals surface area contributed by atoms with Crippen LogP contribution in [-0.4, -0.2) is 11.2 Å². The fourth-order valence-electron chi connectivity index (χ4n) is 3.00. The van der Waals surface area contributed by atoms with Crippen molar-refractivity contribution in [2.24, 2.45) is 0 Å². The zero-order chi connectivity index (χ0) is 17.1. The van der Waals surface area contributed by atoms with Gasteiger partial charge in [-0.15, -0.1) is 11.8 Å². The van der Waals surface area contributed by atoms with Crippen LogP contribution in [0.2, 0.25) is 0 Å². The van der Waals surface area contributed by atoms with Gasteiger partial charge in [0.2, 0.25) is 5.91 Å². The Kier molecular flexibility index (Phi) is 5.19. The minimum atomic E-state index is -0.895. The predicted molar refractivity (Wildman–Crippen MR) is 91.9 cm³/mol. The number of carbonyl (C=O) groups excluding carboxylic acids is 1. The van der Waals surface area contributed by atoms with Gasteiger partial charge in [0.1, 0.15) is 0 Å². The standard InChI is InChI=1S/C19H19F2NOS/c1-12(24-14-9-10-16(20)17(21)11-14)19(23)22-18-8-4-6-13-5-2-3-7-15(13)18/h2-3,5,7,9-12,18H,4,6,8H2,1H3,(H,22,23)/t12-,18+/m1/s1. The summed E-state index contributed by atoms with van der Waals surface area (Å²) in [5.41, 5.74) is 2.47. The topological polar surface area (TPSA) is 29.1 Å². The zero-order valence-electron chi connectivity index (χ0n) is 13.4. The molecule has 5 heteroatoms. The van der Waals surface area contributed by atoms with Crippen LogP contribution < -0.4 is 5.32 Å². The highest BCUT2D eigenvalue weighted by atomic mass is 32.2. The van der Waals surface area contributed by atoms with E-state index in [-0.39, 0.29) is 17.2 Å². The minimum Gasteiger partial charge on any atom is -0.348 e. The molecule has 1 N–H and O–H groups in total. The number of aryl methyl sites for hydroxylation is 1. The van der Waals surface area contributed by atoms with E-state index in [9.17, 15) is 13.6 Å². The molecule has 2 aromatic rings. The molecule has 24 heavy (non-hydrogen) atoms. The fraction of sp³-hybridized carbons (Fsp3) is 0.316. The summed E-state index contributed by atoms with van der Waals surface area (Å²) in [5, 5.41) is 2.71. The van der Waals surface area contributed by atoms with Gasteiger partial charge in [-0.25, -0.2) is 8.78 Å². The second-order valence-electron chi connectivity index (χ2n) is 5.99. The molecule has 0 aromatic heterocycles. The molecule has 0 spiro atoms. The third kappa shape index (κ3) is 3.78. The van der Waals surface area contributed by atoms with Gasteiger partial charge < -0.3 is 5.32 Å². The number of amides is 1. The van der Waals surface area contributed by atoms with E-state index in [0.29, 0.717) is 4.90 Å². The van der Waals surface area contributed by atoms with E-state index in [1.807, 2.05) is 12.1 Å². The summed E-state index contributed by atoms with van der Waals surface area (Å²) >= 11 is 1.23. The molecule has 2 aromatic carbocycles. The van der Waals surface area contributed by atoms with Crippen molar-refractivity contribution in [3.63, 3.8) is 0 Å². The first-order valence-corrected chi connectivity index (χ1v) is 8.92. The first kappa shape index (κ1) is 17.0. The van der Waals surface area contributed by atoms with E-state index in [4.69, 9.17) is 0 Å². The van der Waals surface area contributed by atoms with Gasteiger partial charge in [-0.1, -0.05) is 24.3 Å². The van der Waals surface area contributed by atoms with E-state index < -0.39 is 11.6 Å². The SMILES string of the molecule is C[C@@H](Sc1ccc(F)c(F)c1)C(=O)N[C@H]1CCCc2ccccc21. The Labute approximate surface area is 144 Å². The highest BCUT2D eigenvalue weighted by Gasteiger charge is 2.24. The number of nitrogens with one attached hydrogen (secondary N) is 1. The molecule has 0 fully saturated rings. The Hall–Kier alpha value is -1.88. The third-order valence-electron chi connectivity index (χ3n) is 4.26. The molecule has 2 atom stereocenters. The van der Waals surface area contributed by atoms with Gasteiger partial charge in [0.05, 0.1) is 11.3 Å². The van der Waals surface area contributed by atoms with E-state index >= 15 is 0 Å². The van der Waals surface area contributed by atoms with E-state index in [2.05, 4.69) is 17.4 Å². The van der Waals surface area contributed by atoms with Crippen LogP contribution in [0.3, 0.4) is 0 Å². The smallest absolute Gasteiger partial charge is 0.233 e. The van der Waals surface area contributed by atoms with Crippen molar-refractivity contribution in [3.05, 3.63) is 65.2 Å². The number of halogens is 2. The normalized spacial score (nSPS) is 17.9. The maximum Gasteiger partial charge on any atom is 0.233 e. The number of fused-ring (bicyclic) bond motifs is 1. The van der Waals surface area contributed by atoms with Gasteiger partial charge in [-0.2, -0.15) is 0 Å². The highest BCUT2D eigenvalue weighted by Crippen LogP contribution is 2.31. The first-order chi connectivity index (χ1) is 11.5. The summed E-state index contributed by atoms with van der Waals surface area (Å²) in [4.78, 5) is 13.0. The van der Waals surface area contributed by atoms with Crippen LogP contribution in [0.15, 0.2) is 47.4 Å². The summed E-state index contributed by atoms with van der Waals surface area (Å²) in [6.07, 6.45) is 3.01. The second kappa shape index (κ2) is 7.34. The zero-order valence-corrected chi connectivity index (χ0v) is 14.2. The summed E-state index contributed by atoms with van der Waals surface area (Å²) in [6.45, 7) is 1.77. The average Bonchev–Trinajstić information content (AvgIpc) is 2.58. The summed E-state index contributed by atoms with van der Waals surface area (Å²) in [5.74, 6) is -1.87. The molecule has 0 heterocycles. The highest BCUT2D eigenvalue weighted by molar-refractivity contribution is 8.00. The van der Waals surface area contributed by atoms with Crippen molar-refractivity contribution in [2.45, 2.75) is 42.4 Å². The monoisotopic (exact) mass is 347 g/mol. The molecule has 0 bridgehead atoms. The number of hydrogen-bond acceptors (Lipinski definition) is 2. The second-order valence-corrected chi connectivity index (χ2v) is 7.40. The van der Waals surface area contributed by atoms with Crippen molar-refractivity contribution >= 4 is 17.7 Å². The molecule has 0 saturated carbocycles. The van der Waals surface area contributed by atoms with Crippen LogP contribution in [0, 0.1) is 11.6 Å². The number of thioether (sulfide) groups is 1. The Morgan fingerprint density at radius 1 is 1.21 bits per heavy atom. The fourth-order valence-corrected chi connectivity index (χ4v) is 3.90. The van der Waals surface area contributed by atoms with Gasteiger partial charge in [0.15, 0.2) is 11.6 Å². The van der Waals surface area contributed by atoms with Crippen LogP contribution >= 0.6 is 11.8 Å². The number of hydrogen-bond donors (Lipinski definition) is 1. The molecule has 0 radical (unpaired) electrons. The maximum absolute atomic E-state index is 13.3. The van der Waals surface area contributed by atoms with Crippen molar-refractivity contribution in [1.82, 2.24) is 5.32 Å². The molecule has 3 rings (SSSR count). The summed E-state index contributed by atoms with van der Waals surface area (Å²) in [7, 11) is 0. The lowest BCUT2D eigenvalue weighted by molar-refractivity contribution is -0.121. The predicted octanol–water partition coefficient (Wildman–Crippen LogP) is 4.64. The first-order valence-electron chi connectivity index (χ1n) is 8.04. The molecule has 2 nitrogen and oxygen atoms in total. The summed E-state index contributed by atoms with van der Waals surface area (Å²) in [6, 6.07) is 11.9. The Morgan fingerprint density at radius 3 is 2.79 bits per heavy atom. The molecular formula is C19H19F2NOS. The minimum absolute atomic E-state index is 0.0236. The van der Waals surface area contributed by atoms with Gasteiger partial charge in [0, 0.05) is 4.90 Å². The quantitative estimate of drug-likeness (QED) is 0.817. The lowest BCUT2D eigenvalue weighted by atomic mass is 9.88. The van der Waals surface area contributed by atoms with Crippen LogP contribution in [0.1, 0.15) is 36.9 Å². The number of carbonyl (C=O) groups is 1. The number of benzene rings is 2. The van der Waals surface area contributed by atoms with Gasteiger partial charge >= 0.3 is 0 Å². The van der Waals surface area contributed by atoms with Crippen molar-refractivity contribution in [2.75, 3.05) is 0 Å². The Morgan fingerprint density at radius 2 is 2.00 bits per heavy atom. The maximum atomic E-state index is 13.3. The molecule has 0 unspecified atom stereocenters. The third-order valence-corrected chi connectivity index (χ3v) is 5.35. The average molecular weight is 347 g/mol. The van der Waals surface area contributed by atoms with E-state index in [1.165, 1.54) is 29.0 Å². The van der Waals surface area contributed by atoms with Crippen molar-refractivity contribution < 1.29 is 13.6 Å². The summed E-state index contributed by atoms with van der Waals surface area (Å²) < 4.78 is 26.3. The Bertz CT molecular complexity index is 750. The van der Waals surface area contributed by atoms with Gasteiger partial charge in [-0.3, -0.25) is 4.79 Å². The van der Waals surface area contributed by atoms with Crippen molar-refractivity contribution in [1.29, 1.82) is 0 Å². The van der Waals surface area contributed by atoms with Crippen LogP contribution in [0.4, 0.5) is 8.78 Å². The van der Waals surface area contributed by atoms with Gasteiger partial charge in [-0.05, 0) is 55.5 Å². The van der Waals surface area contributed by atoms with E-state index in [1.54, 1.807) is 6.92 Å². The lowest BCUT2D eigenvalue weighted by Crippen LogP contribution is -2.35. The molecule has 1 aliphatic carbocycles. The molecule has 1 amide bonds. The largest absolute Gasteiger partial charge is 0.348 e. The Balaban J connectivity index is 1.65. The van der Waals surface area contributed by atoms with Crippen molar-refractivity contribution in [3.8, 4) is 0 Å². The molecule has 0 saturated heterocycles. The van der Waals surface area contributed by atoms with Gasteiger partial charge in [0.25, 0.3) is 0 Å². The van der Waals surface area contributed by atoms with Crippen LogP contribution in [0.5, 0.6) is 0 Å². The van der Waals surface area contributed by atoms with Crippen LogP contribution in [0.25, 0.3) is 0 Å². The molecule has 126 valence electrons.